The number of rotatable bonds is 13. The Labute approximate surface area is 279 Å². The van der Waals surface area contributed by atoms with Gasteiger partial charge in [0, 0.05) is 37.4 Å². The third-order valence-electron chi connectivity index (χ3n) is 7.24. The molecule has 1 aromatic heterocycles. The summed E-state index contributed by atoms with van der Waals surface area (Å²) in [5.74, 6) is -0.490. The molecule has 2 aromatic carbocycles. The second-order valence-electron chi connectivity index (χ2n) is 10.6. The van der Waals surface area contributed by atoms with Crippen LogP contribution in [0.15, 0.2) is 64.6 Å². The summed E-state index contributed by atoms with van der Waals surface area (Å²) >= 11 is 13.8. The zero-order chi connectivity index (χ0) is 33.2. The van der Waals surface area contributed by atoms with Gasteiger partial charge in [0.25, 0.3) is 0 Å². The quantitative estimate of drug-likeness (QED) is 0.199. The van der Waals surface area contributed by atoms with E-state index in [-0.39, 0.29) is 56.7 Å². The Bertz CT molecular complexity index is 1790. The van der Waals surface area contributed by atoms with Crippen LogP contribution in [0.3, 0.4) is 0 Å². The van der Waals surface area contributed by atoms with Crippen LogP contribution < -0.4 is 9.47 Å². The van der Waals surface area contributed by atoms with Crippen LogP contribution in [0, 0.1) is 5.92 Å². The zero-order valence-corrected chi connectivity index (χ0v) is 28.1. The fraction of sp³-hybridized carbons (Fsp3) is 0.379. The molecule has 0 bridgehead atoms. The molecule has 0 unspecified atom stereocenters. The molecule has 0 spiro atoms. The first-order valence-corrected chi connectivity index (χ1v) is 19.0. The van der Waals surface area contributed by atoms with Gasteiger partial charge >= 0.3 is 12.6 Å². The topological polar surface area (TPSA) is 129 Å². The first kappa shape index (κ1) is 34.6. The molecule has 17 heteroatoms. The molecule has 46 heavy (non-hydrogen) atoms. The van der Waals surface area contributed by atoms with Crippen LogP contribution in [0.2, 0.25) is 10.0 Å². The summed E-state index contributed by atoms with van der Waals surface area (Å²) in [5.41, 5.74) is 0.720. The Morgan fingerprint density at radius 2 is 1.67 bits per heavy atom. The van der Waals surface area contributed by atoms with E-state index in [2.05, 4.69) is 9.72 Å². The number of hydrogen-bond donors (Lipinski definition) is 0. The molecule has 248 valence electrons. The summed E-state index contributed by atoms with van der Waals surface area (Å²) in [6.45, 7) is -2.83. The molecule has 2 fully saturated rings. The molecule has 0 amide bonds. The van der Waals surface area contributed by atoms with Gasteiger partial charge in [-0.15, -0.1) is 11.8 Å². The SMILES string of the molecule is CS(=O)(=O)c1ccc(S(=O)(=O)N2CCS[C@H]2C(=O)O[C@@H](Cc2c(Cl)cncc2Cl)c2ccc(OC(F)F)c(OCC3CC3)c2)cc1. The van der Waals surface area contributed by atoms with Crippen molar-refractivity contribution in [2.45, 2.75) is 47.1 Å². The number of esters is 1. The maximum atomic E-state index is 13.7. The van der Waals surface area contributed by atoms with Gasteiger partial charge in [-0.2, -0.15) is 13.1 Å². The number of carbonyl (C=O) groups is 1. The van der Waals surface area contributed by atoms with E-state index in [0.717, 1.165) is 35.2 Å². The smallest absolute Gasteiger partial charge is 0.387 e. The summed E-state index contributed by atoms with van der Waals surface area (Å²) in [7, 11) is -7.80. The molecule has 2 heterocycles. The number of pyridine rings is 1. The molecule has 3 aromatic rings. The number of alkyl halides is 2. The number of carbonyl (C=O) groups excluding carboxylic acids is 1. The average molecular weight is 738 g/mol. The lowest BCUT2D eigenvalue weighted by atomic mass is 10.0. The van der Waals surface area contributed by atoms with Gasteiger partial charge in [-0.25, -0.2) is 21.6 Å². The number of benzene rings is 2. The van der Waals surface area contributed by atoms with Crippen LogP contribution in [0.5, 0.6) is 11.5 Å². The minimum Gasteiger partial charge on any atom is -0.489 e. The van der Waals surface area contributed by atoms with Crippen LogP contribution in [-0.4, -0.2) is 69.2 Å². The summed E-state index contributed by atoms with van der Waals surface area (Å²) in [4.78, 5) is 17.4. The minimum absolute atomic E-state index is 0.00785. The van der Waals surface area contributed by atoms with Crippen LogP contribution in [-0.2, 0) is 35.8 Å². The monoisotopic (exact) mass is 736 g/mol. The third kappa shape index (κ3) is 8.23. The molecule has 1 aliphatic heterocycles. The molecule has 10 nitrogen and oxygen atoms in total. The van der Waals surface area contributed by atoms with E-state index < -0.39 is 43.9 Å². The number of halogens is 4. The zero-order valence-electron chi connectivity index (χ0n) is 24.1. The minimum atomic E-state index is -4.24. The Balaban J connectivity index is 1.45. The number of sulfone groups is 1. The van der Waals surface area contributed by atoms with Gasteiger partial charge < -0.3 is 14.2 Å². The molecule has 1 saturated carbocycles. The standard InChI is InChI=1S/C29H28Cl2F2N2O8S3/c1-45(37,38)19-5-7-20(8-6-19)46(39,40)35-10-11-44-27(35)28(36)42-25(13-21-22(30)14-34-15-23(21)31)18-4-9-24(43-29(32)33)26(12-18)41-16-17-2-3-17/h4-9,12,14-15,17,25,27,29H,2-3,10-11,13,16H2,1H3/t25-,27-/m0/s1. The van der Waals surface area contributed by atoms with E-state index in [1.165, 1.54) is 54.9 Å². The Kier molecular flexibility index (Phi) is 10.7. The molecule has 5 rings (SSSR count). The Morgan fingerprint density at radius 1 is 1.02 bits per heavy atom. The molecular weight excluding hydrogens is 709 g/mol. The van der Waals surface area contributed by atoms with Crippen molar-refractivity contribution in [1.82, 2.24) is 9.29 Å². The van der Waals surface area contributed by atoms with Crippen molar-refractivity contribution in [3.8, 4) is 11.5 Å². The number of hydrogen-bond acceptors (Lipinski definition) is 10. The van der Waals surface area contributed by atoms with E-state index in [0.29, 0.717) is 17.0 Å². The lowest BCUT2D eigenvalue weighted by molar-refractivity contribution is -0.150. The predicted octanol–water partition coefficient (Wildman–Crippen LogP) is 5.77. The van der Waals surface area contributed by atoms with E-state index >= 15 is 0 Å². The fourth-order valence-electron chi connectivity index (χ4n) is 4.65. The molecule has 2 aliphatic rings. The van der Waals surface area contributed by atoms with Crippen molar-refractivity contribution < 1.29 is 44.6 Å². The maximum Gasteiger partial charge on any atom is 0.387 e. The van der Waals surface area contributed by atoms with Gasteiger partial charge in [0.15, 0.2) is 26.7 Å². The molecule has 0 N–H and O–H groups in total. The fourth-order valence-corrected chi connectivity index (χ4v) is 8.85. The molecule has 1 aliphatic carbocycles. The highest BCUT2D eigenvalue weighted by Crippen LogP contribution is 2.39. The normalized spacial score (nSPS) is 18.0. The molecular formula is C29H28Cl2F2N2O8S3. The highest BCUT2D eigenvalue weighted by molar-refractivity contribution is 8.02. The van der Waals surface area contributed by atoms with Crippen molar-refractivity contribution in [2.75, 3.05) is 25.2 Å². The summed E-state index contributed by atoms with van der Waals surface area (Å²) in [6.07, 6.45) is 4.44. The van der Waals surface area contributed by atoms with Gasteiger partial charge in [0.2, 0.25) is 10.0 Å². The average Bonchev–Trinajstić information content (AvgIpc) is 3.69. The van der Waals surface area contributed by atoms with Crippen molar-refractivity contribution in [3.05, 3.63) is 76.0 Å². The van der Waals surface area contributed by atoms with Gasteiger partial charge in [0.1, 0.15) is 6.10 Å². The highest BCUT2D eigenvalue weighted by atomic mass is 35.5. The summed E-state index contributed by atoms with van der Waals surface area (Å²) < 4.78 is 94.5. The summed E-state index contributed by atoms with van der Waals surface area (Å²) in [6, 6.07) is 8.84. The summed E-state index contributed by atoms with van der Waals surface area (Å²) in [5, 5.41) is -0.903. The van der Waals surface area contributed by atoms with Crippen molar-refractivity contribution in [1.29, 1.82) is 0 Å². The predicted molar refractivity (Wildman–Crippen MR) is 168 cm³/mol. The first-order chi connectivity index (χ1) is 21.7. The second kappa shape index (κ2) is 14.2. The lowest BCUT2D eigenvalue weighted by Gasteiger charge is -2.26. The first-order valence-electron chi connectivity index (χ1n) is 13.9. The van der Waals surface area contributed by atoms with Crippen molar-refractivity contribution >= 4 is 60.8 Å². The van der Waals surface area contributed by atoms with Crippen LogP contribution in [0.1, 0.15) is 30.1 Å². The van der Waals surface area contributed by atoms with Crippen molar-refractivity contribution in [3.63, 3.8) is 0 Å². The van der Waals surface area contributed by atoms with Crippen LogP contribution >= 0.6 is 35.0 Å². The number of ether oxygens (including phenoxy) is 3. The number of nitrogens with zero attached hydrogens (tertiary/aromatic N) is 2. The van der Waals surface area contributed by atoms with Gasteiger partial charge in [0.05, 0.1) is 26.4 Å². The highest BCUT2D eigenvalue weighted by Gasteiger charge is 2.42. The van der Waals surface area contributed by atoms with Crippen LogP contribution in [0.4, 0.5) is 8.78 Å². The van der Waals surface area contributed by atoms with Gasteiger partial charge in [-0.1, -0.05) is 29.3 Å². The van der Waals surface area contributed by atoms with E-state index in [9.17, 15) is 30.4 Å². The van der Waals surface area contributed by atoms with E-state index in [1.807, 2.05) is 0 Å². The maximum absolute atomic E-state index is 13.7. The number of aromatic nitrogens is 1. The Morgan fingerprint density at radius 3 is 2.28 bits per heavy atom. The van der Waals surface area contributed by atoms with Gasteiger partial charge in [-0.3, -0.25) is 4.98 Å². The molecule has 1 saturated heterocycles. The molecule has 2 atom stereocenters. The Hall–Kier alpha value is -2.69. The number of sulfonamides is 1. The largest absolute Gasteiger partial charge is 0.489 e. The lowest BCUT2D eigenvalue weighted by Crippen LogP contribution is -2.40. The third-order valence-corrected chi connectivity index (χ3v) is 12.2. The van der Waals surface area contributed by atoms with Crippen LogP contribution in [0.25, 0.3) is 0 Å². The van der Waals surface area contributed by atoms with E-state index in [4.69, 9.17) is 32.7 Å². The van der Waals surface area contributed by atoms with Gasteiger partial charge in [-0.05, 0) is 66.3 Å². The molecule has 0 radical (unpaired) electrons. The van der Waals surface area contributed by atoms with E-state index in [1.54, 1.807) is 0 Å². The second-order valence-corrected chi connectivity index (χ2v) is 16.5. The number of thioether (sulfide) groups is 1. The van der Waals surface area contributed by atoms with Crippen molar-refractivity contribution in [2.24, 2.45) is 5.92 Å².